The van der Waals surface area contributed by atoms with Gasteiger partial charge in [-0.2, -0.15) is 4.37 Å². The molecule has 0 bridgehead atoms. The minimum absolute atomic E-state index is 0.472. The zero-order valence-corrected chi connectivity index (χ0v) is 14.1. The highest BCUT2D eigenvalue weighted by molar-refractivity contribution is 9.10. The molecule has 2 aromatic rings. The average molecular weight is 370 g/mol. The summed E-state index contributed by atoms with van der Waals surface area (Å²) in [5.41, 5.74) is 0. The third kappa shape index (κ3) is 3.50. The smallest absolute Gasteiger partial charge is 0.205 e. The number of rotatable bonds is 4. The standard InChI is InChI=1S/C13H16BrN5OS/c1-20-9-11-16-13(21-17-11)19-6-4-18(5-7-19)12-3-2-10(14)8-15-12/h2-3,8H,4-7,9H2,1H3. The Morgan fingerprint density at radius 2 is 2.00 bits per heavy atom. The molecule has 8 heteroatoms. The molecule has 6 nitrogen and oxygen atoms in total. The number of pyridine rings is 1. The summed E-state index contributed by atoms with van der Waals surface area (Å²) in [6, 6.07) is 4.07. The summed E-state index contributed by atoms with van der Waals surface area (Å²) in [6.07, 6.45) is 1.84. The van der Waals surface area contributed by atoms with Gasteiger partial charge < -0.3 is 14.5 Å². The Morgan fingerprint density at radius 3 is 2.67 bits per heavy atom. The molecule has 0 amide bonds. The van der Waals surface area contributed by atoms with Crippen LogP contribution in [0.15, 0.2) is 22.8 Å². The van der Waals surface area contributed by atoms with Gasteiger partial charge in [0.15, 0.2) is 5.82 Å². The summed E-state index contributed by atoms with van der Waals surface area (Å²) < 4.78 is 10.4. The van der Waals surface area contributed by atoms with E-state index >= 15 is 0 Å². The van der Waals surface area contributed by atoms with E-state index in [1.54, 1.807) is 7.11 Å². The molecule has 0 atom stereocenters. The summed E-state index contributed by atoms with van der Waals surface area (Å²) in [5, 5.41) is 0.977. The van der Waals surface area contributed by atoms with Crippen molar-refractivity contribution in [3.63, 3.8) is 0 Å². The fourth-order valence-corrected chi connectivity index (χ4v) is 3.20. The lowest BCUT2D eigenvalue weighted by molar-refractivity contribution is 0.179. The Morgan fingerprint density at radius 1 is 1.24 bits per heavy atom. The van der Waals surface area contributed by atoms with E-state index in [0.717, 1.165) is 47.4 Å². The van der Waals surface area contributed by atoms with E-state index in [0.29, 0.717) is 6.61 Å². The number of nitrogens with zero attached hydrogens (tertiary/aromatic N) is 5. The molecule has 1 aliphatic heterocycles. The van der Waals surface area contributed by atoms with Crippen molar-refractivity contribution in [1.82, 2.24) is 14.3 Å². The zero-order valence-electron chi connectivity index (χ0n) is 11.7. The van der Waals surface area contributed by atoms with Crippen LogP contribution < -0.4 is 9.80 Å². The van der Waals surface area contributed by atoms with Crippen LogP contribution in [0.25, 0.3) is 0 Å². The molecule has 0 aromatic carbocycles. The maximum absolute atomic E-state index is 5.06. The number of anilines is 2. The van der Waals surface area contributed by atoms with Crippen LogP contribution in [-0.4, -0.2) is 47.6 Å². The fraction of sp³-hybridized carbons (Fsp3) is 0.462. The molecular weight excluding hydrogens is 354 g/mol. The molecule has 3 rings (SSSR count). The van der Waals surface area contributed by atoms with E-state index in [2.05, 4.69) is 40.1 Å². The Balaban J connectivity index is 1.60. The minimum Gasteiger partial charge on any atom is -0.377 e. The summed E-state index contributed by atoms with van der Waals surface area (Å²) in [7, 11) is 1.66. The first kappa shape index (κ1) is 14.7. The lowest BCUT2D eigenvalue weighted by atomic mass is 10.3. The maximum atomic E-state index is 5.06. The molecule has 0 spiro atoms. The monoisotopic (exact) mass is 369 g/mol. The molecular formula is C13H16BrN5OS. The highest BCUT2D eigenvalue weighted by atomic mass is 79.9. The first-order chi connectivity index (χ1) is 10.3. The van der Waals surface area contributed by atoms with Crippen molar-refractivity contribution < 1.29 is 4.74 Å². The van der Waals surface area contributed by atoms with Gasteiger partial charge in [0, 0.05) is 55.5 Å². The molecule has 1 fully saturated rings. The van der Waals surface area contributed by atoms with Gasteiger partial charge in [-0.15, -0.1) is 0 Å². The second-order valence-corrected chi connectivity index (χ2v) is 6.38. The molecule has 0 radical (unpaired) electrons. The van der Waals surface area contributed by atoms with Gasteiger partial charge in [0.05, 0.1) is 0 Å². The van der Waals surface area contributed by atoms with E-state index in [9.17, 15) is 0 Å². The van der Waals surface area contributed by atoms with Crippen molar-refractivity contribution in [3.8, 4) is 0 Å². The van der Waals surface area contributed by atoms with Crippen molar-refractivity contribution in [2.75, 3.05) is 43.1 Å². The van der Waals surface area contributed by atoms with E-state index in [1.165, 1.54) is 11.5 Å². The Kier molecular flexibility index (Phi) is 4.67. The van der Waals surface area contributed by atoms with Gasteiger partial charge in [0.1, 0.15) is 12.4 Å². The highest BCUT2D eigenvalue weighted by Crippen LogP contribution is 2.22. The predicted molar refractivity (Wildman–Crippen MR) is 87.0 cm³/mol. The van der Waals surface area contributed by atoms with Crippen LogP contribution in [0.2, 0.25) is 0 Å². The minimum atomic E-state index is 0.472. The van der Waals surface area contributed by atoms with Crippen LogP contribution >= 0.6 is 27.5 Å². The van der Waals surface area contributed by atoms with Crippen molar-refractivity contribution in [2.24, 2.45) is 0 Å². The lowest BCUT2D eigenvalue weighted by Crippen LogP contribution is -2.46. The summed E-state index contributed by atoms with van der Waals surface area (Å²) in [4.78, 5) is 13.5. The van der Waals surface area contributed by atoms with Crippen LogP contribution in [0, 0.1) is 0 Å². The van der Waals surface area contributed by atoms with Crippen molar-refractivity contribution in [3.05, 3.63) is 28.6 Å². The largest absolute Gasteiger partial charge is 0.377 e. The van der Waals surface area contributed by atoms with Crippen LogP contribution in [0.1, 0.15) is 5.82 Å². The van der Waals surface area contributed by atoms with E-state index < -0.39 is 0 Å². The van der Waals surface area contributed by atoms with E-state index in [-0.39, 0.29) is 0 Å². The van der Waals surface area contributed by atoms with Gasteiger partial charge in [-0.3, -0.25) is 0 Å². The van der Waals surface area contributed by atoms with E-state index in [4.69, 9.17) is 4.74 Å². The van der Waals surface area contributed by atoms with Gasteiger partial charge in [-0.05, 0) is 28.1 Å². The van der Waals surface area contributed by atoms with Crippen LogP contribution in [0.3, 0.4) is 0 Å². The topological polar surface area (TPSA) is 54.4 Å². The van der Waals surface area contributed by atoms with E-state index in [1.807, 2.05) is 18.3 Å². The first-order valence-electron chi connectivity index (χ1n) is 6.69. The number of methoxy groups -OCH3 is 1. The molecule has 1 aliphatic rings. The molecule has 21 heavy (non-hydrogen) atoms. The number of ether oxygens (including phenoxy) is 1. The summed E-state index contributed by atoms with van der Waals surface area (Å²) in [5.74, 6) is 1.78. The second kappa shape index (κ2) is 6.67. The molecule has 112 valence electrons. The third-order valence-corrected chi connectivity index (χ3v) is 4.60. The summed E-state index contributed by atoms with van der Waals surface area (Å²) in [6.45, 7) is 4.21. The van der Waals surface area contributed by atoms with Gasteiger partial charge in [-0.25, -0.2) is 9.97 Å². The van der Waals surface area contributed by atoms with Crippen molar-refractivity contribution in [2.45, 2.75) is 6.61 Å². The van der Waals surface area contributed by atoms with Gasteiger partial charge >= 0.3 is 0 Å². The molecule has 0 N–H and O–H groups in total. The number of aromatic nitrogens is 3. The predicted octanol–water partition coefficient (Wildman–Crippen LogP) is 2.17. The maximum Gasteiger partial charge on any atom is 0.205 e. The van der Waals surface area contributed by atoms with Crippen molar-refractivity contribution in [1.29, 1.82) is 0 Å². The molecule has 3 heterocycles. The molecule has 2 aromatic heterocycles. The Hall–Kier alpha value is -1.25. The van der Waals surface area contributed by atoms with Gasteiger partial charge in [0.2, 0.25) is 5.13 Å². The normalized spacial score (nSPS) is 15.5. The lowest BCUT2D eigenvalue weighted by Gasteiger charge is -2.35. The fourth-order valence-electron chi connectivity index (χ4n) is 2.24. The Bertz CT molecular complexity index is 583. The average Bonchev–Trinajstić information content (AvgIpc) is 2.97. The van der Waals surface area contributed by atoms with Crippen LogP contribution in [-0.2, 0) is 11.3 Å². The molecule has 0 aliphatic carbocycles. The van der Waals surface area contributed by atoms with Crippen LogP contribution in [0.5, 0.6) is 0 Å². The van der Waals surface area contributed by atoms with Gasteiger partial charge in [0.25, 0.3) is 0 Å². The molecule has 0 saturated carbocycles. The number of halogens is 1. The van der Waals surface area contributed by atoms with Crippen molar-refractivity contribution >= 4 is 38.4 Å². The number of piperazine rings is 1. The zero-order chi connectivity index (χ0) is 14.7. The first-order valence-corrected chi connectivity index (χ1v) is 8.26. The number of hydrogen-bond acceptors (Lipinski definition) is 7. The SMILES string of the molecule is COCc1nsc(N2CCN(c3ccc(Br)cn3)CC2)n1. The number of hydrogen-bond donors (Lipinski definition) is 0. The summed E-state index contributed by atoms with van der Waals surface area (Å²) >= 11 is 4.85. The van der Waals surface area contributed by atoms with Gasteiger partial charge in [-0.1, -0.05) is 0 Å². The highest BCUT2D eigenvalue weighted by Gasteiger charge is 2.20. The molecule has 0 unspecified atom stereocenters. The second-order valence-electron chi connectivity index (χ2n) is 4.73. The van der Waals surface area contributed by atoms with Crippen LogP contribution in [0.4, 0.5) is 10.9 Å². The third-order valence-electron chi connectivity index (χ3n) is 3.32. The molecule has 1 saturated heterocycles. The quantitative estimate of drug-likeness (QED) is 0.822. The Labute approximate surface area is 136 Å².